The lowest BCUT2D eigenvalue weighted by molar-refractivity contribution is -0.122. The van der Waals surface area contributed by atoms with Crippen molar-refractivity contribution in [1.29, 1.82) is 0 Å². The normalized spacial score (nSPS) is 19.7. The van der Waals surface area contributed by atoms with E-state index in [4.69, 9.17) is 0 Å². The van der Waals surface area contributed by atoms with Crippen molar-refractivity contribution >= 4 is 22.8 Å². The van der Waals surface area contributed by atoms with E-state index in [1.54, 1.807) is 11.8 Å². The molecule has 5 heteroatoms. The van der Waals surface area contributed by atoms with E-state index in [-0.39, 0.29) is 11.9 Å². The summed E-state index contributed by atoms with van der Waals surface area (Å²) in [6, 6.07) is 10.1. The summed E-state index contributed by atoms with van der Waals surface area (Å²) >= 11 is 1.69. The van der Waals surface area contributed by atoms with E-state index in [2.05, 4.69) is 27.8 Å². The maximum Gasteiger partial charge on any atom is 0.242 e. The molecule has 1 aliphatic heterocycles. The van der Waals surface area contributed by atoms with Crippen LogP contribution < -0.4 is 10.6 Å². The van der Waals surface area contributed by atoms with Crippen LogP contribution in [-0.2, 0) is 4.79 Å². The number of thioether (sulfide) groups is 1. The highest BCUT2D eigenvalue weighted by Gasteiger charge is 2.23. The van der Waals surface area contributed by atoms with Crippen LogP contribution >= 0.6 is 11.8 Å². The minimum atomic E-state index is -0.249. The summed E-state index contributed by atoms with van der Waals surface area (Å²) in [6.07, 6.45) is 0. The average molecular weight is 277 g/mol. The number of benzene rings is 1. The molecule has 0 bridgehead atoms. The first-order valence-electron chi connectivity index (χ1n) is 6.51. The molecule has 19 heavy (non-hydrogen) atoms. The third-order valence-electron chi connectivity index (χ3n) is 2.91. The maximum atomic E-state index is 11.6. The topological polar surface area (TPSA) is 53.5 Å². The molecular weight excluding hydrogens is 258 g/mol. The number of hydrogen-bond acceptors (Lipinski definition) is 4. The van der Waals surface area contributed by atoms with Gasteiger partial charge in [-0.1, -0.05) is 42.1 Å². The van der Waals surface area contributed by atoms with E-state index in [1.807, 2.05) is 32.0 Å². The number of carbonyl (C=O) groups is 1. The van der Waals surface area contributed by atoms with Crippen LogP contribution in [0.2, 0.25) is 0 Å². The zero-order chi connectivity index (χ0) is 13.7. The van der Waals surface area contributed by atoms with Gasteiger partial charge in [-0.15, -0.1) is 0 Å². The number of nitrogens with one attached hydrogen (secondary N) is 2. The Balaban J connectivity index is 1.87. The molecule has 2 unspecified atom stereocenters. The minimum absolute atomic E-state index is 0.00830. The molecule has 2 atom stereocenters. The number of likely N-dealkylation sites (N-methyl/N-ethyl adjacent to an activating group) is 1. The monoisotopic (exact) mass is 277 g/mol. The highest BCUT2D eigenvalue weighted by molar-refractivity contribution is 8.14. The van der Waals surface area contributed by atoms with Crippen LogP contribution in [0.3, 0.4) is 0 Å². The van der Waals surface area contributed by atoms with Crippen LogP contribution in [0.5, 0.6) is 0 Å². The SMILES string of the molecule is CCNC(=O)C(C)NC1=NCC(c2ccccc2)S1. The van der Waals surface area contributed by atoms with Gasteiger partial charge < -0.3 is 10.6 Å². The minimum Gasteiger partial charge on any atom is -0.355 e. The number of rotatable bonds is 4. The van der Waals surface area contributed by atoms with E-state index < -0.39 is 0 Å². The second kappa shape index (κ2) is 6.61. The van der Waals surface area contributed by atoms with Crippen molar-refractivity contribution in [2.24, 2.45) is 4.99 Å². The van der Waals surface area contributed by atoms with Crippen LogP contribution in [0.1, 0.15) is 24.7 Å². The molecule has 0 saturated carbocycles. The van der Waals surface area contributed by atoms with Gasteiger partial charge in [0.1, 0.15) is 6.04 Å². The Labute approximate surface area is 118 Å². The number of hydrogen-bond donors (Lipinski definition) is 2. The second-order valence-electron chi connectivity index (χ2n) is 4.42. The molecule has 2 N–H and O–H groups in total. The first kappa shape index (κ1) is 13.9. The molecule has 0 aromatic heterocycles. The fraction of sp³-hybridized carbons (Fsp3) is 0.429. The van der Waals surface area contributed by atoms with Gasteiger partial charge in [-0.3, -0.25) is 9.79 Å². The molecule has 4 nitrogen and oxygen atoms in total. The molecule has 0 radical (unpaired) electrons. The van der Waals surface area contributed by atoms with Crippen LogP contribution in [0.15, 0.2) is 35.3 Å². The molecule has 1 heterocycles. The average Bonchev–Trinajstić information content (AvgIpc) is 2.88. The van der Waals surface area contributed by atoms with Crippen molar-refractivity contribution in [2.45, 2.75) is 25.1 Å². The molecule has 1 aliphatic rings. The number of nitrogens with zero attached hydrogens (tertiary/aromatic N) is 1. The Hall–Kier alpha value is -1.49. The van der Waals surface area contributed by atoms with E-state index in [1.165, 1.54) is 5.56 Å². The van der Waals surface area contributed by atoms with Crippen LogP contribution in [0, 0.1) is 0 Å². The Morgan fingerprint density at radius 3 is 2.89 bits per heavy atom. The lowest BCUT2D eigenvalue weighted by Gasteiger charge is -2.14. The van der Waals surface area contributed by atoms with E-state index in [9.17, 15) is 4.79 Å². The van der Waals surface area contributed by atoms with Crippen molar-refractivity contribution in [3.8, 4) is 0 Å². The predicted octanol–water partition coefficient (Wildman–Crippen LogP) is 1.94. The van der Waals surface area contributed by atoms with Crippen molar-refractivity contribution in [3.05, 3.63) is 35.9 Å². The molecule has 2 rings (SSSR count). The third kappa shape index (κ3) is 3.73. The highest BCUT2D eigenvalue weighted by Crippen LogP contribution is 2.34. The van der Waals surface area contributed by atoms with Crippen molar-refractivity contribution in [2.75, 3.05) is 13.1 Å². The summed E-state index contributed by atoms with van der Waals surface area (Å²) < 4.78 is 0. The van der Waals surface area contributed by atoms with Crippen LogP contribution in [0.4, 0.5) is 0 Å². The predicted molar refractivity (Wildman–Crippen MR) is 80.4 cm³/mol. The maximum absolute atomic E-state index is 11.6. The van der Waals surface area contributed by atoms with Crippen LogP contribution in [-0.4, -0.2) is 30.2 Å². The quantitative estimate of drug-likeness (QED) is 0.884. The molecule has 1 aromatic carbocycles. The van der Waals surface area contributed by atoms with Gasteiger partial charge in [0.05, 0.1) is 11.8 Å². The zero-order valence-corrected chi connectivity index (χ0v) is 12.0. The molecule has 0 fully saturated rings. The Morgan fingerprint density at radius 1 is 1.47 bits per heavy atom. The zero-order valence-electron chi connectivity index (χ0n) is 11.2. The van der Waals surface area contributed by atoms with E-state index in [0.717, 1.165) is 11.7 Å². The number of aliphatic imine (C=N–C) groups is 1. The summed E-state index contributed by atoms with van der Waals surface area (Å²) in [4.78, 5) is 16.1. The smallest absolute Gasteiger partial charge is 0.242 e. The van der Waals surface area contributed by atoms with Gasteiger partial charge in [-0.2, -0.15) is 0 Å². The largest absolute Gasteiger partial charge is 0.355 e. The van der Waals surface area contributed by atoms with Crippen molar-refractivity contribution in [1.82, 2.24) is 10.6 Å². The Morgan fingerprint density at radius 2 is 2.21 bits per heavy atom. The molecule has 1 aromatic rings. The first-order valence-corrected chi connectivity index (χ1v) is 7.39. The second-order valence-corrected chi connectivity index (χ2v) is 5.62. The fourth-order valence-corrected chi connectivity index (χ4v) is 2.98. The summed E-state index contributed by atoms with van der Waals surface area (Å²) in [5.41, 5.74) is 1.28. The van der Waals surface area contributed by atoms with Gasteiger partial charge in [0, 0.05) is 6.54 Å². The Kier molecular flexibility index (Phi) is 4.85. The van der Waals surface area contributed by atoms with Gasteiger partial charge in [0.25, 0.3) is 0 Å². The lowest BCUT2D eigenvalue weighted by Crippen LogP contribution is -2.43. The summed E-state index contributed by atoms with van der Waals surface area (Å²) in [7, 11) is 0. The van der Waals surface area contributed by atoms with E-state index in [0.29, 0.717) is 11.8 Å². The standard InChI is InChI=1S/C14H19N3OS/c1-3-15-13(18)10(2)17-14-16-9-12(19-14)11-7-5-4-6-8-11/h4-8,10,12H,3,9H2,1-2H3,(H,15,18)(H,16,17). The van der Waals surface area contributed by atoms with Crippen LogP contribution in [0.25, 0.3) is 0 Å². The van der Waals surface area contributed by atoms with Crippen molar-refractivity contribution < 1.29 is 4.79 Å². The van der Waals surface area contributed by atoms with E-state index >= 15 is 0 Å². The van der Waals surface area contributed by atoms with Crippen molar-refractivity contribution in [3.63, 3.8) is 0 Å². The third-order valence-corrected chi connectivity index (χ3v) is 4.09. The molecule has 0 aliphatic carbocycles. The first-order chi connectivity index (χ1) is 9.20. The summed E-state index contributed by atoms with van der Waals surface area (Å²) in [5.74, 6) is 0.00830. The molecule has 102 valence electrons. The Bertz CT molecular complexity index is 461. The summed E-state index contributed by atoms with van der Waals surface area (Å²) in [6.45, 7) is 5.18. The number of amides is 1. The highest BCUT2D eigenvalue weighted by atomic mass is 32.2. The molecule has 0 spiro atoms. The van der Waals surface area contributed by atoms with Gasteiger partial charge in [0.15, 0.2) is 5.17 Å². The number of carbonyl (C=O) groups excluding carboxylic acids is 1. The molecule has 1 amide bonds. The van der Waals surface area contributed by atoms with Gasteiger partial charge in [-0.05, 0) is 19.4 Å². The summed E-state index contributed by atoms with van der Waals surface area (Å²) in [5, 5.41) is 7.17. The lowest BCUT2D eigenvalue weighted by atomic mass is 10.1. The van der Waals surface area contributed by atoms with Gasteiger partial charge in [-0.25, -0.2) is 0 Å². The van der Waals surface area contributed by atoms with Gasteiger partial charge >= 0.3 is 0 Å². The molecular formula is C14H19N3OS. The molecule has 0 saturated heterocycles. The fourth-order valence-electron chi connectivity index (χ4n) is 1.87. The number of amidine groups is 1. The van der Waals surface area contributed by atoms with Gasteiger partial charge in [0.2, 0.25) is 5.91 Å².